The van der Waals surface area contributed by atoms with Gasteiger partial charge in [-0.25, -0.2) is 9.78 Å². The Kier molecular flexibility index (Phi) is 3.19. The quantitative estimate of drug-likeness (QED) is 0.917. The average molecular weight is 276 g/mol. The van der Waals surface area contributed by atoms with Gasteiger partial charge in [0.1, 0.15) is 5.60 Å². The first kappa shape index (κ1) is 13.1. The minimum atomic E-state index is -0.952. The predicted octanol–water partition coefficient (Wildman–Crippen LogP) is 1.54. The van der Waals surface area contributed by atoms with E-state index < -0.39 is 11.6 Å². The topological polar surface area (TPSA) is 73.6 Å². The van der Waals surface area contributed by atoms with Crippen molar-refractivity contribution in [2.45, 2.75) is 18.6 Å². The Morgan fingerprint density at radius 2 is 2.45 bits per heavy atom. The molecule has 0 spiro atoms. The normalized spacial score (nSPS) is 22.4. The molecule has 1 saturated heterocycles. The maximum absolute atomic E-state index is 11.4. The summed E-state index contributed by atoms with van der Waals surface area (Å²) in [6.07, 6.45) is 2.45. The highest BCUT2D eigenvalue weighted by molar-refractivity contribution is 6.01. The fourth-order valence-electron chi connectivity index (χ4n) is 2.67. The van der Waals surface area contributed by atoms with Crippen molar-refractivity contribution in [1.29, 1.82) is 0 Å². The molecule has 0 saturated carbocycles. The summed E-state index contributed by atoms with van der Waals surface area (Å²) in [6, 6.07) is 5.10. The fraction of sp³-hybridized carbons (Fsp3) is 0.429. The molecule has 20 heavy (non-hydrogen) atoms. The van der Waals surface area contributed by atoms with E-state index in [4.69, 9.17) is 9.47 Å². The van der Waals surface area contributed by atoms with Crippen LogP contribution in [0.25, 0.3) is 11.0 Å². The molecule has 2 aromatic rings. The molecule has 106 valence electrons. The van der Waals surface area contributed by atoms with E-state index in [1.807, 2.05) is 10.6 Å². The van der Waals surface area contributed by atoms with Crippen molar-refractivity contribution in [3.05, 3.63) is 30.1 Å². The van der Waals surface area contributed by atoms with Crippen LogP contribution in [-0.2, 0) is 16.0 Å². The van der Waals surface area contributed by atoms with Gasteiger partial charge in [-0.1, -0.05) is 6.07 Å². The molecule has 0 radical (unpaired) electrons. The molecule has 1 aromatic carbocycles. The molecule has 1 unspecified atom stereocenters. The average Bonchev–Trinajstić information content (AvgIpc) is 3.07. The van der Waals surface area contributed by atoms with Crippen molar-refractivity contribution in [1.82, 2.24) is 9.55 Å². The van der Waals surface area contributed by atoms with Gasteiger partial charge in [0.05, 0.1) is 36.1 Å². The van der Waals surface area contributed by atoms with Gasteiger partial charge in [0, 0.05) is 20.1 Å². The van der Waals surface area contributed by atoms with Crippen molar-refractivity contribution in [3.63, 3.8) is 0 Å². The summed E-state index contributed by atoms with van der Waals surface area (Å²) in [5, 5.41) is 9.31. The smallest absolute Gasteiger partial charge is 0.337 e. The number of rotatable bonds is 4. The second-order valence-corrected chi connectivity index (χ2v) is 5.04. The number of imidazole rings is 1. The molecule has 6 nitrogen and oxygen atoms in total. The summed E-state index contributed by atoms with van der Waals surface area (Å²) in [5.41, 5.74) is 1.16. The zero-order chi connectivity index (χ0) is 14.2. The molecule has 1 aromatic heterocycles. The predicted molar refractivity (Wildman–Crippen MR) is 71.9 cm³/mol. The number of carboxylic acids is 1. The first-order chi connectivity index (χ1) is 9.65. The minimum absolute atomic E-state index is 0.255. The fourth-order valence-corrected chi connectivity index (χ4v) is 2.67. The number of methoxy groups -OCH3 is 1. The van der Waals surface area contributed by atoms with Gasteiger partial charge in [0.25, 0.3) is 0 Å². The zero-order valence-corrected chi connectivity index (χ0v) is 11.2. The van der Waals surface area contributed by atoms with Crippen LogP contribution in [0.15, 0.2) is 24.5 Å². The summed E-state index contributed by atoms with van der Waals surface area (Å²) in [7, 11) is 1.66. The van der Waals surface area contributed by atoms with E-state index in [9.17, 15) is 9.90 Å². The Morgan fingerprint density at radius 1 is 1.60 bits per heavy atom. The first-order valence-corrected chi connectivity index (χ1v) is 6.45. The SMILES string of the molecule is COC1(Cn2cnc3cccc(C(=O)O)c32)CCOC1. The van der Waals surface area contributed by atoms with Gasteiger partial charge in [0.2, 0.25) is 0 Å². The van der Waals surface area contributed by atoms with Crippen LogP contribution in [0.5, 0.6) is 0 Å². The Bertz CT molecular complexity index is 644. The van der Waals surface area contributed by atoms with Gasteiger partial charge in [-0.3, -0.25) is 0 Å². The molecule has 0 amide bonds. The second kappa shape index (κ2) is 4.88. The van der Waals surface area contributed by atoms with Crippen molar-refractivity contribution in [2.24, 2.45) is 0 Å². The highest BCUT2D eigenvalue weighted by atomic mass is 16.5. The number of fused-ring (bicyclic) bond motifs is 1. The molecule has 0 bridgehead atoms. The number of carbonyl (C=O) groups is 1. The lowest BCUT2D eigenvalue weighted by Crippen LogP contribution is -2.36. The van der Waals surface area contributed by atoms with E-state index in [1.165, 1.54) is 0 Å². The Labute approximate surface area is 115 Å². The number of aromatic nitrogens is 2. The number of hydrogen-bond donors (Lipinski definition) is 1. The van der Waals surface area contributed by atoms with Gasteiger partial charge >= 0.3 is 5.97 Å². The van der Waals surface area contributed by atoms with Crippen LogP contribution in [0.1, 0.15) is 16.8 Å². The van der Waals surface area contributed by atoms with Gasteiger partial charge < -0.3 is 19.1 Å². The van der Waals surface area contributed by atoms with E-state index in [-0.39, 0.29) is 5.56 Å². The van der Waals surface area contributed by atoms with Crippen LogP contribution in [0, 0.1) is 0 Å². The number of nitrogens with zero attached hydrogens (tertiary/aromatic N) is 2. The standard InChI is InChI=1S/C14H16N2O4/c1-19-14(5-6-20-8-14)7-16-9-15-11-4-2-3-10(12(11)16)13(17)18/h2-4,9H,5-8H2,1H3,(H,17,18). The summed E-state index contributed by atoms with van der Waals surface area (Å²) in [5.74, 6) is -0.952. The van der Waals surface area contributed by atoms with E-state index in [0.29, 0.717) is 30.8 Å². The first-order valence-electron chi connectivity index (χ1n) is 6.45. The zero-order valence-electron chi connectivity index (χ0n) is 11.2. The summed E-state index contributed by atoms with van der Waals surface area (Å²) < 4.78 is 12.9. The molecule has 1 atom stereocenters. The highest BCUT2D eigenvalue weighted by Gasteiger charge is 2.36. The van der Waals surface area contributed by atoms with E-state index in [2.05, 4.69) is 4.98 Å². The van der Waals surface area contributed by atoms with Crippen molar-refractivity contribution in [3.8, 4) is 0 Å². The molecule has 1 N–H and O–H groups in total. The molecule has 1 aliphatic rings. The molecule has 2 heterocycles. The maximum atomic E-state index is 11.4. The summed E-state index contributed by atoms with van der Waals surface area (Å²) in [4.78, 5) is 15.6. The molecular formula is C14H16N2O4. The molecule has 3 rings (SSSR count). The summed E-state index contributed by atoms with van der Waals surface area (Å²) in [6.45, 7) is 1.70. The van der Waals surface area contributed by atoms with Crippen LogP contribution in [0.4, 0.5) is 0 Å². The third-order valence-corrected chi connectivity index (χ3v) is 3.83. The second-order valence-electron chi connectivity index (χ2n) is 5.04. The third kappa shape index (κ3) is 2.07. The van der Waals surface area contributed by atoms with Crippen molar-refractivity contribution >= 4 is 17.0 Å². The monoisotopic (exact) mass is 276 g/mol. The molecule has 1 aliphatic heterocycles. The van der Waals surface area contributed by atoms with Gasteiger partial charge in [0.15, 0.2) is 0 Å². The number of ether oxygens (including phenoxy) is 2. The lowest BCUT2D eigenvalue weighted by molar-refractivity contribution is -0.0288. The Morgan fingerprint density at radius 3 is 3.10 bits per heavy atom. The number of hydrogen-bond acceptors (Lipinski definition) is 4. The largest absolute Gasteiger partial charge is 0.478 e. The van der Waals surface area contributed by atoms with Crippen LogP contribution in [0.2, 0.25) is 0 Å². The van der Waals surface area contributed by atoms with Crippen LogP contribution >= 0.6 is 0 Å². The minimum Gasteiger partial charge on any atom is -0.478 e. The van der Waals surface area contributed by atoms with Crippen LogP contribution < -0.4 is 0 Å². The molecular weight excluding hydrogens is 260 g/mol. The summed E-state index contributed by atoms with van der Waals surface area (Å²) >= 11 is 0. The van der Waals surface area contributed by atoms with E-state index in [0.717, 1.165) is 6.42 Å². The number of benzene rings is 1. The number of para-hydroxylation sites is 1. The molecule has 1 fully saturated rings. The number of aromatic carboxylic acids is 1. The van der Waals surface area contributed by atoms with Crippen LogP contribution in [-0.4, -0.2) is 46.6 Å². The van der Waals surface area contributed by atoms with Gasteiger partial charge in [-0.2, -0.15) is 0 Å². The Hall–Kier alpha value is -1.92. The van der Waals surface area contributed by atoms with Crippen molar-refractivity contribution < 1.29 is 19.4 Å². The van der Waals surface area contributed by atoms with Gasteiger partial charge in [-0.05, 0) is 12.1 Å². The number of carboxylic acid groups (broad SMARTS) is 1. The van der Waals surface area contributed by atoms with Crippen LogP contribution in [0.3, 0.4) is 0 Å². The Balaban J connectivity index is 2.06. The molecule has 6 heteroatoms. The lowest BCUT2D eigenvalue weighted by atomic mass is 10.0. The van der Waals surface area contributed by atoms with E-state index in [1.54, 1.807) is 25.6 Å². The van der Waals surface area contributed by atoms with E-state index >= 15 is 0 Å². The highest BCUT2D eigenvalue weighted by Crippen LogP contribution is 2.27. The third-order valence-electron chi connectivity index (χ3n) is 3.83. The van der Waals surface area contributed by atoms with Gasteiger partial charge in [-0.15, -0.1) is 0 Å². The van der Waals surface area contributed by atoms with Crippen molar-refractivity contribution in [2.75, 3.05) is 20.3 Å². The maximum Gasteiger partial charge on any atom is 0.337 e. The lowest BCUT2D eigenvalue weighted by Gasteiger charge is -2.26. The molecule has 0 aliphatic carbocycles.